The van der Waals surface area contributed by atoms with Crippen molar-refractivity contribution in [3.8, 4) is 39.1 Å². The molecule has 0 atom stereocenters. The molecule has 0 bridgehead atoms. The van der Waals surface area contributed by atoms with Crippen molar-refractivity contribution in [3.63, 3.8) is 0 Å². The maximum atomic E-state index is 2.45. The Balaban J connectivity index is 1.21. The van der Waals surface area contributed by atoms with Gasteiger partial charge in [0.15, 0.2) is 0 Å². The van der Waals surface area contributed by atoms with E-state index in [1.807, 2.05) is 0 Å². The van der Waals surface area contributed by atoms with Crippen molar-refractivity contribution in [2.75, 3.05) is 4.90 Å². The maximum absolute atomic E-state index is 2.45. The van der Waals surface area contributed by atoms with Crippen LogP contribution in [0.15, 0.2) is 218 Å². The number of hydrogen-bond acceptors (Lipinski definition) is 1. The zero-order valence-electron chi connectivity index (χ0n) is 29.7. The van der Waals surface area contributed by atoms with Crippen molar-refractivity contribution >= 4 is 49.6 Å². The van der Waals surface area contributed by atoms with Gasteiger partial charge in [0.05, 0.1) is 22.4 Å². The molecule has 0 radical (unpaired) electrons. The first-order valence-corrected chi connectivity index (χ1v) is 18.5. The molecule has 0 saturated heterocycles. The van der Waals surface area contributed by atoms with E-state index >= 15 is 0 Å². The summed E-state index contributed by atoms with van der Waals surface area (Å²) in [5, 5.41) is 4.90. The van der Waals surface area contributed by atoms with Crippen LogP contribution >= 0.6 is 0 Å². The second kappa shape index (κ2) is 13.4. The van der Waals surface area contributed by atoms with Gasteiger partial charge in [0, 0.05) is 33.3 Å². The number of aromatic nitrogens is 1. The van der Waals surface area contributed by atoms with Crippen LogP contribution in [-0.4, -0.2) is 4.57 Å². The standard InChI is InChI=1S/C52H36N2/c1-3-16-37(17-4-1)39-30-33-42(34-31-39)53(43-35-32-38-18-7-8-21-41(38)36-43)49-27-13-10-23-45(49)46-25-15-29-51-52(46)47-24-11-14-28-50(47)54(51)48-26-12-9-22-44(48)40-19-5-2-6-20-40/h1-36H. The van der Waals surface area contributed by atoms with Crippen LogP contribution in [0.4, 0.5) is 17.1 Å². The van der Waals surface area contributed by atoms with Gasteiger partial charge >= 0.3 is 0 Å². The zero-order chi connectivity index (χ0) is 35.8. The molecule has 1 heterocycles. The minimum absolute atomic E-state index is 1.10. The summed E-state index contributed by atoms with van der Waals surface area (Å²) in [5.41, 5.74) is 14.0. The van der Waals surface area contributed by atoms with Crippen LogP contribution in [0.25, 0.3) is 71.6 Å². The molecule has 0 N–H and O–H groups in total. The summed E-state index contributed by atoms with van der Waals surface area (Å²) in [6, 6.07) is 78.9. The van der Waals surface area contributed by atoms with Crippen LogP contribution in [0.5, 0.6) is 0 Å². The van der Waals surface area contributed by atoms with E-state index in [1.165, 1.54) is 66.0 Å². The fourth-order valence-corrected chi connectivity index (χ4v) is 8.11. The zero-order valence-corrected chi connectivity index (χ0v) is 29.7. The largest absolute Gasteiger partial charge is 0.310 e. The molecule has 54 heavy (non-hydrogen) atoms. The molecule has 0 spiro atoms. The number of para-hydroxylation sites is 3. The van der Waals surface area contributed by atoms with E-state index in [0.717, 1.165) is 22.7 Å². The lowest BCUT2D eigenvalue weighted by Crippen LogP contribution is -2.11. The molecule has 254 valence electrons. The van der Waals surface area contributed by atoms with Crippen molar-refractivity contribution in [2.24, 2.45) is 0 Å². The van der Waals surface area contributed by atoms with E-state index in [9.17, 15) is 0 Å². The lowest BCUT2D eigenvalue weighted by atomic mass is 9.96. The SMILES string of the molecule is c1ccc(-c2ccc(N(c3ccc4ccccc4c3)c3ccccc3-c3cccc4c3c3ccccc3n4-c3ccccc3-c3ccccc3)cc2)cc1. The Kier molecular flexibility index (Phi) is 7.85. The van der Waals surface area contributed by atoms with Crippen LogP contribution in [0.1, 0.15) is 0 Å². The number of fused-ring (bicyclic) bond motifs is 4. The molecule has 0 aliphatic carbocycles. The van der Waals surface area contributed by atoms with Crippen molar-refractivity contribution in [2.45, 2.75) is 0 Å². The highest BCUT2D eigenvalue weighted by Crippen LogP contribution is 2.46. The number of anilines is 3. The van der Waals surface area contributed by atoms with Gasteiger partial charge in [-0.3, -0.25) is 0 Å². The minimum atomic E-state index is 1.10. The van der Waals surface area contributed by atoms with E-state index in [-0.39, 0.29) is 0 Å². The van der Waals surface area contributed by atoms with Gasteiger partial charge < -0.3 is 9.47 Å². The van der Waals surface area contributed by atoms with Crippen LogP contribution < -0.4 is 4.90 Å². The molecule has 0 saturated carbocycles. The molecule has 0 amide bonds. The second-order valence-corrected chi connectivity index (χ2v) is 13.7. The normalized spacial score (nSPS) is 11.3. The Bertz CT molecular complexity index is 2920. The van der Waals surface area contributed by atoms with Crippen LogP contribution in [0.2, 0.25) is 0 Å². The smallest absolute Gasteiger partial charge is 0.0547 e. The predicted octanol–water partition coefficient (Wildman–Crippen LogP) is 14.4. The van der Waals surface area contributed by atoms with Gasteiger partial charge in [-0.1, -0.05) is 170 Å². The third-order valence-electron chi connectivity index (χ3n) is 10.6. The monoisotopic (exact) mass is 688 g/mol. The fraction of sp³-hybridized carbons (Fsp3) is 0. The van der Waals surface area contributed by atoms with Crippen LogP contribution in [0, 0.1) is 0 Å². The van der Waals surface area contributed by atoms with Crippen molar-refractivity contribution in [3.05, 3.63) is 218 Å². The van der Waals surface area contributed by atoms with Crippen molar-refractivity contribution in [1.82, 2.24) is 4.57 Å². The molecule has 0 unspecified atom stereocenters. The van der Waals surface area contributed by atoms with Gasteiger partial charge in [-0.25, -0.2) is 0 Å². The Labute approximate surface area is 315 Å². The Morgan fingerprint density at radius 2 is 0.907 bits per heavy atom. The number of hydrogen-bond donors (Lipinski definition) is 0. The summed E-state index contributed by atoms with van der Waals surface area (Å²) in [7, 11) is 0. The van der Waals surface area contributed by atoms with E-state index in [4.69, 9.17) is 0 Å². The van der Waals surface area contributed by atoms with Crippen molar-refractivity contribution < 1.29 is 0 Å². The lowest BCUT2D eigenvalue weighted by molar-refractivity contribution is 1.18. The highest BCUT2D eigenvalue weighted by atomic mass is 15.1. The van der Waals surface area contributed by atoms with Gasteiger partial charge in [-0.05, 0) is 81.6 Å². The molecular weight excluding hydrogens is 653 g/mol. The van der Waals surface area contributed by atoms with E-state index in [2.05, 4.69) is 228 Å². The molecule has 0 fully saturated rings. The van der Waals surface area contributed by atoms with Crippen LogP contribution in [0.3, 0.4) is 0 Å². The summed E-state index contributed by atoms with van der Waals surface area (Å²) in [6.45, 7) is 0. The summed E-state index contributed by atoms with van der Waals surface area (Å²) >= 11 is 0. The highest BCUT2D eigenvalue weighted by Gasteiger charge is 2.22. The first-order valence-electron chi connectivity index (χ1n) is 18.5. The quantitative estimate of drug-likeness (QED) is 0.162. The Morgan fingerprint density at radius 3 is 1.72 bits per heavy atom. The highest BCUT2D eigenvalue weighted by molar-refractivity contribution is 6.17. The lowest BCUT2D eigenvalue weighted by Gasteiger charge is -2.28. The molecule has 9 aromatic carbocycles. The summed E-state index contributed by atoms with van der Waals surface area (Å²) in [4.78, 5) is 2.42. The average Bonchev–Trinajstić information content (AvgIpc) is 3.59. The van der Waals surface area contributed by atoms with Crippen LogP contribution in [-0.2, 0) is 0 Å². The third-order valence-corrected chi connectivity index (χ3v) is 10.6. The summed E-state index contributed by atoms with van der Waals surface area (Å²) < 4.78 is 2.45. The molecule has 0 aliphatic rings. The molecule has 10 rings (SSSR count). The predicted molar refractivity (Wildman–Crippen MR) is 229 cm³/mol. The molecule has 0 aliphatic heterocycles. The molecule has 10 aromatic rings. The van der Waals surface area contributed by atoms with Gasteiger partial charge in [0.25, 0.3) is 0 Å². The van der Waals surface area contributed by atoms with E-state index in [0.29, 0.717) is 0 Å². The number of benzene rings is 9. The first-order chi connectivity index (χ1) is 26.8. The van der Waals surface area contributed by atoms with Gasteiger partial charge in [0.2, 0.25) is 0 Å². The topological polar surface area (TPSA) is 8.17 Å². The number of nitrogens with zero attached hydrogens (tertiary/aromatic N) is 2. The van der Waals surface area contributed by atoms with Gasteiger partial charge in [-0.2, -0.15) is 0 Å². The Hall–Kier alpha value is -7.16. The molecular formula is C52H36N2. The molecule has 1 aromatic heterocycles. The van der Waals surface area contributed by atoms with E-state index in [1.54, 1.807) is 0 Å². The third kappa shape index (κ3) is 5.44. The number of rotatable bonds is 7. The first kappa shape index (κ1) is 31.6. The fourth-order valence-electron chi connectivity index (χ4n) is 8.11. The molecule has 2 nitrogen and oxygen atoms in total. The van der Waals surface area contributed by atoms with Crippen molar-refractivity contribution in [1.29, 1.82) is 0 Å². The second-order valence-electron chi connectivity index (χ2n) is 13.7. The summed E-state index contributed by atoms with van der Waals surface area (Å²) in [6.07, 6.45) is 0. The minimum Gasteiger partial charge on any atom is -0.310 e. The Morgan fingerprint density at radius 1 is 0.333 bits per heavy atom. The van der Waals surface area contributed by atoms with Gasteiger partial charge in [0.1, 0.15) is 0 Å². The van der Waals surface area contributed by atoms with E-state index < -0.39 is 0 Å². The maximum Gasteiger partial charge on any atom is 0.0547 e. The average molecular weight is 689 g/mol. The van der Waals surface area contributed by atoms with Gasteiger partial charge in [-0.15, -0.1) is 0 Å². The summed E-state index contributed by atoms with van der Waals surface area (Å²) in [5.74, 6) is 0. The molecule has 2 heteroatoms.